The lowest BCUT2D eigenvalue weighted by molar-refractivity contribution is -0.136. The summed E-state index contributed by atoms with van der Waals surface area (Å²) >= 11 is 1.58. The Hall–Kier alpha value is -1.36. The van der Waals surface area contributed by atoms with Gasteiger partial charge in [-0.05, 0) is 6.42 Å². The number of fused-ring (bicyclic) bond motifs is 1. The van der Waals surface area contributed by atoms with Gasteiger partial charge in [0.1, 0.15) is 4.83 Å². The van der Waals surface area contributed by atoms with E-state index < -0.39 is 5.97 Å². The highest BCUT2D eigenvalue weighted by molar-refractivity contribution is 7.15. The van der Waals surface area contributed by atoms with Gasteiger partial charge in [-0.2, -0.15) is 5.10 Å². The molecule has 0 spiro atoms. The molecule has 0 bridgehead atoms. The third-order valence-corrected chi connectivity index (χ3v) is 2.74. The molecule has 4 nitrogen and oxygen atoms in total. The van der Waals surface area contributed by atoms with E-state index in [-0.39, 0.29) is 6.42 Å². The number of carboxylic acid groups (broad SMARTS) is 1. The number of carbonyl (C=O) groups is 1. The van der Waals surface area contributed by atoms with Crippen LogP contribution in [0.4, 0.5) is 0 Å². The van der Waals surface area contributed by atoms with Crippen molar-refractivity contribution in [1.82, 2.24) is 9.61 Å². The zero-order chi connectivity index (χ0) is 9.26. The Morgan fingerprint density at radius 3 is 3.31 bits per heavy atom. The van der Waals surface area contributed by atoms with E-state index in [9.17, 15) is 4.79 Å². The van der Waals surface area contributed by atoms with Crippen molar-refractivity contribution < 1.29 is 9.90 Å². The topological polar surface area (TPSA) is 54.6 Å². The number of aliphatic carboxylic acids is 1. The zero-order valence-corrected chi connectivity index (χ0v) is 7.62. The number of aromatic nitrogens is 2. The molecular weight excluding hydrogens is 188 g/mol. The van der Waals surface area contributed by atoms with Gasteiger partial charge in [0.2, 0.25) is 0 Å². The van der Waals surface area contributed by atoms with E-state index in [0.717, 1.165) is 10.4 Å². The van der Waals surface area contributed by atoms with Crippen LogP contribution in [0.2, 0.25) is 0 Å². The Bertz CT molecular complexity index is 432. The first kappa shape index (κ1) is 8.25. The fourth-order valence-corrected chi connectivity index (χ4v) is 2.02. The van der Waals surface area contributed by atoms with E-state index in [1.54, 1.807) is 22.0 Å². The highest BCUT2D eigenvalue weighted by Crippen LogP contribution is 2.17. The smallest absolute Gasteiger partial charge is 0.303 e. The summed E-state index contributed by atoms with van der Waals surface area (Å²) in [4.78, 5) is 11.4. The first-order valence-corrected chi connectivity index (χ1v) is 4.77. The van der Waals surface area contributed by atoms with Gasteiger partial charge < -0.3 is 5.11 Å². The summed E-state index contributed by atoms with van der Waals surface area (Å²) in [5.41, 5.74) is 1.01. The van der Waals surface area contributed by atoms with Crippen LogP contribution in [0, 0.1) is 0 Å². The number of nitrogens with zero attached hydrogens (tertiary/aromatic N) is 2. The second kappa shape index (κ2) is 3.18. The molecule has 0 fully saturated rings. The molecule has 0 aliphatic rings. The molecular formula is C8H8N2O2S. The number of rotatable bonds is 3. The van der Waals surface area contributed by atoms with E-state index in [2.05, 4.69) is 5.10 Å². The summed E-state index contributed by atoms with van der Waals surface area (Å²) < 4.78 is 1.77. The summed E-state index contributed by atoms with van der Waals surface area (Å²) in [5.74, 6) is -0.768. The molecule has 0 radical (unpaired) electrons. The first-order valence-electron chi connectivity index (χ1n) is 3.89. The zero-order valence-electron chi connectivity index (χ0n) is 6.80. The average Bonchev–Trinajstić information content (AvgIpc) is 2.60. The van der Waals surface area contributed by atoms with Crippen molar-refractivity contribution in [2.75, 3.05) is 0 Å². The minimum atomic E-state index is -0.768. The molecule has 0 saturated heterocycles. The van der Waals surface area contributed by atoms with Gasteiger partial charge in [0.25, 0.3) is 0 Å². The molecule has 2 heterocycles. The van der Waals surface area contributed by atoms with E-state index in [4.69, 9.17) is 5.11 Å². The summed E-state index contributed by atoms with van der Waals surface area (Å²) in [7, 11) is 0. The average molecular weight is 196 g/mol. The number of aryl methyl sites for hydroxylation is 1. The molecule has 0 aliphatic carbocycles. The van der Waals surface area contributed by atoms with Gasteiger partial charge in [-0.25, -0.2) is 4.52 Å². The molecule has 2 aromatic heterocycles. The van der Waals surface area contributed by atoms with Crippen LogP contribution in [0.15, 0.2) is 17.8 Å². The summed E-state index contributed by atoms with van der Waals surface area (Å²) in [6, 6.07) is 0. The highest BCUT2D eigenvalue weighted by atomic mass is 32.1. The van der Waals surface area contributed by atoms with Gasteiger partial charge in [-0.3, -0.25) is 4.79 Å². The maximum absolute atomic E-state index is 10.3. The van der Waals surface area contributed by atoms with Crippen molar-refractivity contribution in [2.45, 2.75) is 12.8 Å². The van der Waals surface area contributed by atoms with E-state index in [0.29, 0.717) is 6.42 Å². The Morgan fingerprint density at radius 2 is 2.54 bits per heavy atom. The van der Waals surface area contributed by atoms with Crippen LogP contribution in [0.1, 0.15) is 12.0 Å². The van der Waals surface area contributed by atoms with Crippen LogP contribution in [0.3, 0.4) is 0 Å². The van der Waals surface area contributed by atoms with Gasteiger partial charge in [0, 0.05) is 23.6 Å². The number of thiazole rings is 1. The molecule has 5 heteroatoms. The predicted octanol–water partition coefficient (Wildman–Crippen LogP) is 1.41. The molecule has 13 heavy (non-hydrogen) atoms. The third kappa shape index (κ3) is 1.55. The summed E-state index contributed by atoms with van der Waals surface area (Å²) in [6.07, 6.45) is 4.32. The largest absolute Gasteiger partial charge is 0.481 e. The van der Waals surface area contributed by atoms with Crippen LogP contribution in [-0.4, -0.2) is 20.7 Å². The van der Waals surface area contributed by atoms with Gasteiger partial charge in [0.05, 0.1) is 6.20 Å². The first-order chi connectivity index (χ1) is 6.27. The molecule has 2 rings (SSSR count). The Labute approximate surface area is 78.4 Å². The van der Waals surface area contributed by atoms with Crippen molar-refractivity contribution in [2.24, 2.45) is 0 Å². The van der Waals surface area contributed by atoms with Gasteiger partial charge in [0.15, 0.2) is 0 Å². The highest BCUT2D eigenvalue weighted by Gasteiger charge is 2.06. The van der Waals surface area contributed by atoms with Crippen LogP contribution in [-0.2, 0) is 11.2 Å². The Kier molecular flexibility index (Phi) is 2.02. The fraction of sp³-hybridized carbons (Fsp3) is 0.250. The molecule has 0 aromatic carbocycles. The number of carboxylic acids is 1. The van der Waals surface area contributed by atoms with E-state index in [1.165, 1.54) is 0 Å². The Morgan fingerprint density at radius 1 is 1.69 bits per heavy atom. The fourth-order valence-electron chi connectivity index (χ4n) is 1.19. The predicted molar refractivity (Wildman–Crippen MR) is 49.0 cm³/mol. The van der Waals surface area contributed by atoms with Crippen LogP contribution < -0.4 is 0 Å². The second-order valence-corrected chi connectivity index (χ2v) is 3.61. The summed E-state index contributed by atoms with van der Waals surface area (Å²) in [6.45, 7) is 0. The molecule has 0 saturated carbocycles. The molecule has 68 valence electrons. The van der Waals surface area contributed by atoms with Crippen molar-refractivity contribution in [3.63, 3.8) is 0 Å². The molecule has 0 amide bonds. The molecule has 2 aromatic rings. The molecule has 1 N–H and O–H groups in total. The normalized spacial score (nSPS) is 10.8. The van der Waals surface area contributed by atoms with Crippen molar-refractivity contribution >= 4 is 22.1 Å². The van der Waals surface area contributed by atoms with Crippen molar-refractivity contribution in [3.8, 4) is 0 Å². The molecule has 0 unspecified atom stereocenters. The Balaban J connectivity index is 2.23. The maximum atomic E-state index is 10.3. The second-order valence-electron chi connectivity index (χ2n) is 2.72. The van der Waals surface area contributed by atoms with Crippen LogP contribution in [0.25, 0.3) is 4.83 Å². The summed E-state index contributed by atoms with van der Waals surface area (Å²) in [5, 5.41) is 14.5. The SMILES string of the molecule is O=C(O)CCc1cnn2ccsc12. The van der Waals surface area contributed by atoms with Gasteiger partial charge in [-0.1, -0.05) is 0 Å². The van der Waals surface area contributed by atoms with Crippen molar-refractivity contribution in [1.29, 1.82) is 0 Å². The quantitative estimate of drug-likeness (QED) is 0.807. The third-order valence-electron chi connectivity index (χ3n) is 1.81. The van der Waals surface area contributed by atoms with E-state index >= 15 is 0 Å². The monoisotopic (exact) mass is 196 g/mol. The minimum absolute atomic E-state index is 0.166. The van der Waals surface area contributed by atoms with Crippen molar-refractivity contribution in [3.05, 3.63) is 23.3 Å². The lowest BCUT2D eigenvalue weighted by Gasteiger charge is -1.91. The maximum Gasteiger partial charge on any atom is 0.303 e. The lowest BCUT2D eigenvalue weighted by Crippen LogP contribution is -1.96. The minimum Gasteiger partial charge on any atom is -0.481 e. The number of hydrogen-bond donors (Lipinski definition) is 1. The lowest BCUT2D eigenvalue weighted by atomic mass is 10.2. The van der Waals surface area contributed by atoms with Crippen LogP contribution >= 0.6 is 11.3 Å². The van der Waals surface area contributed by atoms with E-state index in [1.807, 2.05) is 11.6 Å². The molecule has 0 atom stereocenters. The van der Waals surface area contributed by atoms with Gasteiger partial charge in [-0.15, -0.1) is 11.3 Å². The van der Waals surface area contributed by atoms with Crippen LogP contribution in [0.5, 0.6) is 0 Å². The number of hydrogen-bond acceptors (Lipinski definition) is 3. The standard InChI is InChI=1S/C8H8N2O2S/c11-7(12)2-1-6-5-9-10-3-4-13-8(6)10/h3-5H,1-2H2,(H,11,12). The van der Waals surface area contributed by atoms with Gasteiger partial charge >= 0.3 is 5.97 Å². The molecule has 0 aliphatic heterocycles.